The zero-order chi connectivity index (χ0) is 24.1. The van der Waals surface area contributed by atoms with Crippen molar-refractivity contribution in [3.05, 3.63) is 53.6 Å². The van der Waals surface area contributed by atoms with Crippen molar-refractivity contribution in [1.29, 1.82) is 0 Å². The Hall–Kier alpha value is -3.36. The van der Waals surface area contributed by atoms with Crippen LogP contribution in [0.4, 0.5) is 35.4 Å². The zero-order valence-electron chi connectivity index (χ0n) is 19.1. The number of hydrogen-bond donors (Lipinski definition) is 3. The summed E-state index contributed by atoms with van der Waals surface area (Å²) in [6.45, 7) is 10.3. The SMILES string of the molecule is CC(C)(C)OC(=O)Nc1ccc(NCc2ccc(F)cc2)c(F)c1NC(=O)OC(C)(C)C. The van der Waals surface area contributed by atoms with Crippen LogP contribution >= 0.6 is 0 Å². The molecule has 0 spiro atoms. The lowest BCUT2D eigenvalue weighted by atomic mass is 10.2. The van der Waals surface area contributed by atoms with E-state index in [0.29, 0.717) is 0 Å². The number of halogens is 2. The minimum atomic E-state index is -0.890. The number of carbonyl (C=O) groups excluding carboxylic acids is 2. The molecule has 0 radical (unpaired) electrons. The minimum absolute atomic E-state index is 0.00468. The van der Waals surface area contributed by atoms with Crippen LogP contribution < -0.4 is 16.0 Å². The highest BCUT2D eigenvalue weighted by atomic mass is 19.1. The first-order valence-corrected chi connectivity index (χ1v) is 10.0. The molecular formula is C23H29F2N3O4. The van der Waals surface area contributed by atoms with Gasteiger partial charge in [0, 0.05) is 6.54 Å². The highest BCUT2D eigenvalue weighted by Gasteiger charge is 2.23. The number of anilines is 3. The molecule has 0 unspecified atom stereocenters. The Kier molecular flexibility index (Phi) is 7.66. The van der Waals surface area contributed by atoms with E-state index in [1.54, 1.807) is 53.7 Å². The van der Waals surface area contributed by atoms with E-state index in [-0.39, 0.29) is 29.4 Å². The van der Waals surface area contributed by atoms with Crippen LogP contribution in [0.1, 0.15) is 47.1 Å². The summed E-state index contributed by atoms with van der Waals surface area (Å²) >= 11 is 0. The lowest BCUT2D eigenvalue weighted by Crippen LogP contribution is -2.29. The summed E-state index contributed by atoms with van der Waals surface area (Å²) in [5.74, 6) is -1.19. The summed E-state index contributed by atoms with van der Waals surface area (Å²) in [7, 11) is 0. The van der Waals surface area contributed by atoms with Gasteiger partial charge in [0.1, 0.15) is 22.7 Å². The van der Waals surface area contributed by atoms with E-state index >= 15 is 4.39 Å². The Labute approximate surface area is 186 Å². The Morgan fingerprint density at radius 1 is 0.781 bits per heavy atom. The largest absolute Gasteiger partial charge is 0.444 e. The fraction of sp³-hybridized carbons (Fsp3) is 0.391. The van der Waals surface area contributed by atoms with E-state index in [2.05, 4.69) is 16.0 Å². The normalized spacial score (nSPS) is 11.5. The molecule has 2 aromatic carbocycles. The van der Waals surface area contributed by atoms with Gasteiger partial charge in [0.15, 0.2) is 5.82 Å². The van der Waals surface area contributed by atoms with E-state index in [9.17, 15) is 14.0 Å². The smallest absolute Gasteiger partial charge is 0.412 e. The molecule has 7 nitrogen and oxygen atoms in total. The van der Waals surface area contributed by atoms with E-state index in [0.717, 1.165) is 5.56 Å². The first-order valence-electron chi connectivity index (χ1n) is 10.0. The van der Waals surface area contributed by atoms with Crippen molar-refractivity contribution < 1.29 is 27.8 Å². The molecule has 9 heteroatoms. The van der Waals surface area contributed by atoms with Crippen molar-refractivity contribution in [2.24, 2.45) is 0 Å². The maximum Gasteiger partial charge on any atom is 0.412 e. The van der Waals surface area contributed by atoms with E-state index < -0.39 is 29.2 Å². The van der Waals surface area contributed by atoms with Crippen LogP contribution in [0.2, 0.25) is 0 Å². The van der Waals surface area contributed by atoms with Crippen LogP contribution in [-0.4, -0.2) is 23.4 Å². The van der Waals surface area contributed by atoms with Crippen molar-refractivity contribution >= 4 is 29.2 Å². The molecule has 0 aliphatic heterocycles. The topological polar surface area (TPSA) is 88.7 Å². The van der Waals surface area contributed by atoms with Gasteiger partial charge in [-0.3, -0.25) is 10.6 Å². The monoisotopic (exact) mass is 449 g/mol. The number of nitrogens with one attached hydrogen (secondary N) is 3. The summed E-state index contributed by atoms with van der Waals surface area (Å²) in [4.78, 5) is 24.5. The highest BCUT2D eigenvalue weighted by Crippen LogP contribution is 2.32. The number of carbonyl (C=O) groups is 2. The average molecular weight is 449 g/mol. The first kappa shape index (κ1) is 24.9. The van der Waals surface area contributed by atoms with Crippen molar-refractivity contribution in [2.45, 2.75) is 59.3 Å². The molecule has 0 aliphatic carbocycles. The molecule has 2 aromatic rings. The molecule has 2 rings (SSSR count). The number of amides is 2. The van der Waals surface area contributed by atoms with Crippen LogP contribution in [0.3, 0.4) is 0 Å². The highest BCUT2D eigenvalue weighted by molar-refractivity contribution is 5.96. The lowest BCUT2D eigenvalue weighted by Gasteiger charge is -2.23. The van der Waals surface area contributed by atoms with Gasteiger partial charge in [0.2, 0.25) is 0 Å². The van der Waals surface area contributed by atoms with Crippen molar-refractivity contribution in [3.8, 4) is 0 Å². The minimum Gasteiger partial charge on any atom is -0.444 e. The van der Waals surface area contributed by atoms with Crippen molar-refractivity contribution in [2.75, 3.05) is 16.0 Å². The quantitative estimate of drug-likeness (QED) is 0.501. The second-order valence-electron chi connectivity index (χ2n) is 9.08. The molecular weight excluding hydrogens is 420 g/mol. The molecule has 0 aromatic heterocycles. The molecule has 0 fully saturated rings. The van der Waals surface area contributed by atoms with Crippen molar-refractivity contribution in [3.63, 3.8) is 0 Å². The third kappa shape index (κ3) is 8.05. The molecule has 0 saturated heterocycles. The summed E-state index contributed by atoms with van der Waals surface area (Å²) in [5.41, 5.74) is -1.07. The van der Waals surface area contributed by atoms with Gasteiger partial charge in [-0.25, -0.2) is 18.4 Å². The maximum absolute atomic E-state index is 15.3. The standard InChI is InChI=1S/C23H29F2N3O4/c1-22(2,3)31-20(29)27-17-12-11-16(26-13-14-7-9-15(24)10-8-14)18(25)19(17)28-21(30)32-23(4,5)6/h7-12,26H,13H2,1-6H3,(H,27,29)(H,28,30). The molecule has 0 saturated carbocycles. The van der Waals surface area contributed by atoms with Crippen LogP contribution in [0.5, 0.6) is 0 Å². The molecule has 0 atom stereocenters. The lowest BCUT2D eigenvalue weighted by molar-refractivity contribution is 0.0620. The predicted molar refractivity (Wildman–Crippen MR) is 120 cm³/mol. The van der Waals surface area contributed by atoms with Gasteiger partial charge in [0.05, 0.1) is 11.4 Å². The summed E-state index contributed by atoms with van der Waals surface area (Å²) in [6, 6.07) is 8.57. The molecule has 0 heterocycles. The average Bonchev–Trinajstić information content (AvgIpc) is 2.62. The second-order valence-corrected chi connectivity index (χ2v) is 9.08. The summed E-state index contributed by atoms with van der Waals surface area (Å²) in [6.07, 6.45) is -1.70. The Morgan fingerprint density at radius 2 is 1.28 bits per heavy atom. The molecule has 32 heavy (non-hydrogen) atoms. The van der Waals surface area contributed by atoms with Crippen LogP contribution in [0.15, 0.2) is 36.4 Å². The Bertz CT molecular complexity index is 965. The maximum atomic E-state index is 15.3. The summed E-state index contributed by atoms with van der Waals surface area (Å²) in [5, 5.41) is 7.69. The molecule has 174 valence electrons. The fourth-order valence-corrected chi connectivity index (χ4v) is 2.56. The van der Waals surface area contributed by atoms with Crippen LogP contribution in [0.25, 0.3) is 0 Å². The summed E-state index contributed by atoms with van der Waals surface area (Å²) < 4.78 is 38.8. The first-order chi connectivity index (χ1) is 14.7. The van der Waals surface area contributed by atoms with Gasteiger partial charge in [-0.15, -0.1) is 0 Å². The Balaban J connectivity index is 2.29. The number of rotatable bonds is 5. The number of ether oxygens (including phenoxy) is 2. The third-order valence-corrected chi connectivity index (χ3v) is 3.80. The second kappa shape index (κ2) is 9.84. The van der Waals surface area contributed by atoms with Gasteiger partial charge >= 0.3 is 12.2 Å². The number of hydrogen-bond acceptors (Lipinski definition) is 5. The van der Waals surface area contributed by atoms with Crippen LogP contribution in [-0.2, 0) is 16.0 Å². The van der Waals surface area contributed by atoms with E-state index in [1.165, 1.54) is 24.3 Å². The van der Waals surface area contributed by atoms with Crippen molar-refractivity contribution in [1.82, 2.24) is 0 Å². The van der Waals surface area contributed by atoms with E-state index in [1.807, 2.05) is 0 Å². The predicted octanol–water partition coefficient (Wildman–Crippen LogP) is 6.27. The van der Waals surface area contributed by atoms with E-state index in [4.69, 9.17) is 9.47 Å². The number of benzene rings is 2. The van der Waals surface area contributed by atoms with Gasteiger partial charge in [-0.1, -0.05) is 12.1 Å². The third-order valence-electron chi connectivity index (χ3n) is 3.80. The van der Waals surface area contributed by atoms with Gasteiger partial charge < -0.3 is 14.8 Å². The molecule has 3 N–H and O–H groups in total. The van der Waals surface area contributed by atoms with Gasteiger partial charge in [-0.2, -0.15) is 0 Å². The van der Waals surface area contributed by atoms with Gasteiger partial charge in [0.25, 0.3) is 0 Å². The fourth-order valence-electron chi connectivity index (χ4n) is 2.56. The van der Waals surface area contributed by atoms with Crippen LogP contribution in [0, 0.1) is 11.6 Å². The Morgan fingerprint density at radius 3 is 1.81 bits per heavy atom. The molecule has 0 bridgehead atoms. The molecule has 2 amide bonds. The molecule has 0 aliphatic rings. The van der Waals surface area contributed by atoms with Gasteiger partial charge in [-0.05, 0) is 71.4 Å². The zero-order valence-corrected chi connectivity index (χ0v) is 19.1.